The molecule has 3 heterocycles. The van der Waals surface area contributed by atoms with E-state index in [-0.39, 0.29) is 0 Å². The molecule has 1 aromatic carbocycles. The lowest BCUT2D eigenvalue weighted by Crippen LogP contribution is -2.49. The summed E-state index contributed by atoms with van der Waals surface area (Å²) in [6.45, 7) is 2.42. The largest absolute Gasteiger partial charge is 0.493 e. The van der Waals surface area contributed by atoms with E-state index < -0.39 is 24.4 Å². The molecular formula is C23H24F2N6O3. The molecule has 0 radical (unpaired) electrons. The summed E-state index contributed by atoms with van der Waals surface area (Å²) in [5, 5.41) is 6.72. The molecule has 4 aromatic rings. The highest BCUT2D eigenvalue weighted by atomic mass is 19.3. The van der Waals surface area contributed by atoms with Crippen LogP contribution in [0.15, 0.2) is 36.7 Å². The van der Waals surface area contributed by atoms with Crippen molar-refractivity contribution < 1.29 is 23.0 Å². The highest BCUT2D eigenvalue weighted by Crippen LogP contribution is 2.37. The maximum atomic E-state index is 12.6. The lowest BCUT2D eigenvalue weighted by Gasteiger charge is -2.26. The topological polar surface area (TPSA) is 114 Å². The van der Waals surface area contributed by atoms with Crippen molar-refractivity contribution in [1.29, 1.82) is 0 Å². The Bertz CT molecular complexity index is 1360. The van der Waals surface area contributed by atoms with Crippen LogP contribution in [0, 0.1) is 0 Å². The lowest BCUT2D eigenvalue weighted by atomic mass is 10.0. The number of benzene rings is 1. The Morgan fingerprint density at radius 2 is 1.88 bits per heavy atom. The number of aromatic nitrogens is 4. The van der Waals surface area contributed by atoms with Gasteiger partial charge in [-0.25, -0.2) is 23.7 Å². The zero-order valence-corrected chi connectivity index (χ0v) is 19.1. The first-order chi connectivity index (χ1) is 16.2. The molecule has 0 fully saturated rings. The SMILES string of the molecule is COc1cc2nc(-c3c[nH]c4ncccc34)nc(NC(C)(C)C(=O)NCC(F)F)c2cc1OC. The van der Waals surface area contributed by atoms with Gasteiger partial charge in [-0.2, -0.15) is 0 Å². The van der Waals surface area contributed by atoms with Gasteiger partial charge in [0.15, 0.2) is 17.3 Å². The van der Waals surface area contributed by atoms with E-state index >= 15 is 0 Å². The van der Waals surface area contributed by atoms with Gasteiger partial charge in [-0.05, 0) is 32.0 Å². The maximum absolute atomic E-state index is 12.6. The summed E-state index contributed by atoms with van der Waals surface area (Å²) in [7, 11) is 3.03. The van der Waals surface area contributed by atoms with Gasteiger partial charge in [0, 0.05) is 34.8 Å². The van der Waals surface area contributed by atoms with Crippen molar-refractivity contribution in [1.82, 2.24) is 25.3 Å². The normalized spacial score (nSPS) is 11.7. The van der Waals surface area contributed by atoms with Crippen LogP contribution in [0.3, 0.4) is 0 Å². The Morgan fingerprint density at radius 3 is 2.59 bits per heavy atom. The fourth-order valence-corrected chi connectivity index (χ4v) is 3.56. The standard InChI is InChI=1S/C23H24F2N6O3/c1-23(2,22(32)28-11-18(24)25)31-21-13-8-16(33-3)17(34-4)9-15(13)29-20(30-21)14-10-27-19-12(14)6-5-7-26-19/h5-10,18H,11H2,1-4H3,(H,26,27)(H,28,32)(H,29,30,31). The summed E-state index contributed by atoms with van der Waals surface area (Å²) in [5.41, 5.74) is 0.659. The monoisotopic (exact) mass is 470 g/mol. The Morgan fingerprint density at radius 1 is 1.15 bits per heavy atom. The van der Waals surface area contributed by atoms with Crippen molar-refractivity contribution in [2.75, 3.05) is 26.1 Å². The van der Waals surface area contributed by atoms with Gasteiger partial charge in [-0.1, -0.05) is 0 Å². The molecule has 0 aliphatic heterocycles. The molecule has 178 valence electrons. The summed E-state index contributed by atoms with van der Waals surface area (Å²) < 4.78 is 36.1. The highest BCUT2D eigenvalue weighted by Gasteiger charge is 2.30. The molecule has 4 rings (SSSR count). The molecule has 9 nitrogen and oxygen atoms in total. The second kappa shape index (κ2) is 9.08. The average molecular weight is 470 g/mol. The molecule has 3 N–H and O–H groups in total. The van der Waals surface area contributed by atoms with Crippen LogP contribution in [0.5, 0.6) is 11.5 Å². The number of aromatic amines is 1. The number of alkyl halides is 2. The number of halogens is 2. The van der Waals surface area contributed by atoms with E-state index in [0.717, 1.165) is 5.39 Å². The van der Waals surface area contributed by atoms with Gasteiger partial charge >= 0.3 is 0 Å². The number of fused-ring (bicyclic) bond motifs is 2. The van der Waals surface area contributed by atoms with E-state index in [0.29, 0.717) is 45.3 Å². The summed E-state index contributed by atoms with van der Waals surface area (Å²) in [5.74, 6) is 1.03. The highest BCUT2D eigenvalue weighted by molar-refractivity contribution is 5.98. The summed E-state index contributed by atoms with van der Waals surface area (Å²) in [6.07, 6.45) is 0.775. The number of ether oxygens (including phenoxy) is 2. The zero-order chi connectivity index (χ0) is 24.5. The molecular weight excluding hydrogens is 446 g/mol. The minimum atomic E-state index is -2.65. The third kappa shape index (κ3) is 4.41. The number of pyridine rings is 1. The number of amides is 1. The van der Waals surface area contributed by atoms with Crippen molar-refractivity contribution >= 4 is 33.7 Å². The van der Waals surface area contributed by atoms with E-state index in [2.05, 4.69) is 20.6 Å². The van der Waals surface area contributed by atoms with Crippen LogP contribution in [-0.2, 0) is 4.79 Å². The fraction of sp³-hybridized carbons (Fsp3) is 0.304. The Balaban J connectivity index is 1.87. The van der Waals surface area contributed by atoms with Crippen molar-refractivity contribution in [3.8, 4) is 22.9 Å². The molecule has 0 aliphatic rings. The van der Waals surface area contributed by atoms with Crippen LogP contribution in [0.2, 0.25) is 0 Å². The summed E-state index contributed by atoms with van der Waals surface area (Å²) in [6, 6.07) is 7.11. The zero-order valence-electron chi connectivity index (χ0n) is 19.1. The number of anilines is 1. The molecule has 0 aliphatic carbocycles. The predicted molar refractivity (Wildman–Crippen MR) is 124 cm³/mol. The van der Waals surface area contributed by atoms with Crippen LogP contribution in [0.1, 0.15) is 13.8 Å². The molecule has 0 atom stereocenters. The first-order valence-electron chi connectivity index (χ1n) is 10.4. The van der Waals surface area contributed by atoms with E-state index in [9.17, 15) is 13.6 Å². The molecule has 0 saturated carbocycles. The van der Waals surface area contributed by atoms with Crippen LogP contribution < -0.4 is 20.1 Å². The van der Waals surface area contributed by atoms with E-state index in [1.165, 1.54) is 14.2 Å². The van der Waals surface area contributed by atoms with Gasteiger partial charge in [-0.15, -0.1) is 0 Å². The molecule has 11 heteroatoms. The van der Waals surface area contributed by atoms with Crippen LogP contribution in [-0.4, -0.2) is 58.6 Å². The van der Waals surface area contributed by atoms with Crippen molar-refractivity contribution in [3.05, 3.63) is 36.7 Å². The summed E-state index contributed by atoms with van der Waals surface area (Å²) >= 11 is 0. The Kier molecular flexibility index (Phi) is 6.18. The lowest BCUT2D eigenvalue weighted by molar-refractivity contribution is -0.125. The number of rotatable bonds is 8. The second-order valence-electron chi connectivity index (χ2n) is 8.07. The molecule has 0 bridgehead atoms. The smallest absolute Gasteiger partial charge is 0.255 e. The Hall–Kier alpha value is -4.02. The fourth-order valence-electron chi connectivity index (χ4n) is 3.56. The minimum absolute atomic E-state index is 0.330. The van der Waals surface area contributed by atoms with Crippen LogP contribution in [0.25, 0.3) is 33.3 Å². The molecule has 1 amide bonds. The number of hydrogen-bond donors (Lipinski definition) is 3. The number of nitrogens with one attached hydrogen (secondary N) is 3. The molecule has 0 spiro atoms. The molecule has 0 saturated heterocycles. The second-order valence-corrected chi connectivity index (χ2v) is 8.07. The number of methoxy groups -OCH3 is 2. The van der Waals surface area contributed by atoms with Gasteiger partial charge in [0.25, 0.3) is 6.43 Å². The van der Waals surface area contributed by atoms with Gasteiger partial charge in [0.1, 0.15) is 17.0 Å². The first kappa shape index (κ1) is 23.1. The van der Waals surface area contributed by atoms with Gasteiger partial charge in [-0.3, -0.25) is 4.79 Å². The van der Waals surface area contributed by atoms with Crippen molar-refractivity contribution in [2.24, 2.45) is 0 Å². The van der Waals surface area contributed by atoms with Crippen molar-refractivity contribution in [3.63, 3.8) is 0 Å². The third-order valence-corrected chi connectivity index (χ3v) is 5.31. The maximum Gasteiger partial charge on any atom is 0.255 e. The quantitative estimate of drug-likeness (QED) is 0.359. The number of hydrogen-bond acceptors (Lipinski definition) is 7. The Labute approximate surface area is 193 Å². The minimum Gasteiger partial charge on any atom is -0.493 e. The molecule has 3 aromatic heterocycles. The molecule has 0 unspecified atom stereocenters. The number of carbonyl (C=O) groups is 1. The van der Waals surface area contributed by atoms with E-state index in [1.807, 2.05) is 12.1 Å². The van der Waals surface area contributed by atoms with Crippen LogP contribution in [0.4, 0.5) is 14.6 Å². The number of nitrogens with zero attached hydrogens (tertiary/aromatic N) is 3. The van der Waals surface area contributed by atoms with Gasteiger partial charge < -0.3 is 25.1 Å². The third-order valence-electron chi connectivity index (χ3n) is 5.31. The first-order valence-corrected chi connectivity index (χ1v) is 10.4. The van der Waals surface area contributed by atoms with E-state index in [1.54, 1.807) is 38.4 Å². The molecule has 34 heavy (non-hydrogen) atoms. The van der Waals surface area contributed by atoms with Crippen molar-refractivity contribution in [2.45, 2.75) is 25.8 Å². The average Bonchev–Trinajstić information content (AvgIpc) is 3.25. The van der Waals surface area contributed by atoms with Gasteiger partial charge in [0.2, 0.25) is 5.91 Å². The number of carbonyl (C=O) groups excluding carboxylic acids is 1. The van der Waals surface area contributed by atoms with Crippen LogP contribution >= 0.6 is 0 Å². The van der Waals surface area contributed by atoms with E-state index in [4.69, 9.17) is 19.4 Å². The summed E-state index contributed by atoms with van der Waals surface area (Å²) in [4.78, 5) is 29.4. The van der Waals surface area contributed by atoms with Gasteiger partial charge in [0.05, 0.1) is 26.3 Å². The number of H-pyrrole nitrogens is 1. The predicted octanol–water partition coefficient (Wildman–Crippen LogP) is 3.76.